The van der Waals surface area contributed by atoms with Crippen LogP contribution in [0.5, 0.6) is 11.5 Å². The zero-order chi connectivity index (χ0) is 21.1. The molecular weight excluding hydrogens is 376 g/mol. The van der Waals surface area contributed by atoms with Crippen LogP contribution in [0.4, 0.5) is 0 Å². The highest BCUT2D eigenvalue weighted by Crippen LogP contribution is 2.35. The Labute approximate surface area is 176 Å². The summed E-state index contributed by atoms with van der Waals surface area (Å²) in [7, 11) is 0. The van der Waals surface area contributed by atoms with E-state index in [1.54, 1.807) is 24.3 Å². The number of carbonyl (C=O) groups excluding carboxylic acids is 2. The third kappa shape index (κ3) is 4.13. The van der Waals surface area contributed by atoms with Crippen molar-refractivity contribution in [2.45, 2.75) is 39.5 Å². The Morgan fingerprint density at radius 2 is 1.40 bits per heavy atom. The third-order valence-corrected chi connectivity index (χ3v) is 5.48. The van der Waals surface area contributed by atoms with Gasteiger partial charge >= 0.3 is 11.9 Å². The van der Waals surface area contributed by atoms with Crippen LogP contribution in [0.1, 0.15) is 48.5 Å². The van der Waals surface area contributed by atoms with E-state index in [0.717, 1.165) is 47.8 Å². The van der Waals surface area contributed by atoms with Crippen molar-refractivity contribution in [3.8, 4) is 11.5 Å². The first-order chi connectivity index (χ1) is 14.5. The maximum Gasteiger partial charge on any atom is 0.343 e. The molecule has 0 aliphatic heterocycles. The second-order valence-corrected chi connectivity index (χ2v) is 7.72. The molecule has 0 N–H and O–H groups in total. The molecule has 0 aromatic heterocycles. The highest BCUT2D eigenvalue weighted by Gasteiger charge is 2.21. The quantitative estimate of drug-likeness (QED) is 0.389. The number of carbonyl (C=O) groups is 2. The minimum Gasteiger partial charge on any atom is -0.422 e. The SMILES string of the molecule is CC1=C(C(=O)Oc2cccc3cccc(OC(=O)c4cccc(C)c4)c23)CCCC1. The van der Waals surface area contributed by atoms with Crippen molar-refractivity contribution in [3.63, 3.8) is 0 Å². The molecule has 0 saturated carbocycles. The van der Waals surface area contributed by atoms with Crippen LogP contribution >= 0.6 is 0 Å². The third-order valence-electron chi connectivity index (χ3n) is 5.48. The molecule has 0 saturated heterocycles. The number of aryl methyl sites for hydroxylation is 1. The van der Waals surface area contributed by atoms with Crippen molar-refractivity contribution in [1.82, 2.24) is 0 Å². The van der Waals surface area contributed by atoms with Gasteiger partial charge in [-0.2, -0.15) is 0 Å². The predicted octanol–water partition coefficient (Wildman–Crippen LogP) is 6.16. The summed E-state index contributed by atoms with van der Waals surface area (Å²) in [5.41, 5.74) is 3.31. The number of rotatable bonds is 4. The number of hydrogen-bond donors (Lipinski definition) is 0. The van der Waals surface area contributed by atoms with Gasteiger partial charge in [0.1, 0.15) is 11.5 Å². The van der Waals surface area contributed by atoms with Gasteiger partial charge in [-0.1, -0.05) is 47.5 Å². The molecule has 3 aromatic rings. The van der Waals surface area contributed by atoms with Crippen molar-refractivity contribution in [2.24, 2.45) is 0 Å². The Morgan fingerprint density at radius 1 is 0.767 bits per heavy atom. The van der Waals surface area contributed by atoms with Gasteiger partial charge in [-0.25, -0.2) is 9.59 Å². The molecule has 4 heteroatoms. The monoisotopic (exact) mass is 400 g/mol. The number of benzene rings is 3. The van der Waals surface area contributed by atoms with E-state index < -0.39 is 5.97 Å². The number of ether oxygens (including phenoxy) is 2. The van der Waals surface area contributed by atoms with Gasteiger partial charge in [-0.15, -0.1) is 0 Å². The van der Waals surface area contributed by atoms with E-state index in [-0.39, 0.29) is 5.97 Å². The van der Waals surface area contributed by atoms with Gasteiger partial charge in [0.25, 0.3) is 0 Å². The van der Waals surface area contributed by atoms with Crippen molar-refractivity contribution < 1.29 is 19.1 Å². The topological polar surface area (TPSA) is 52.6 Å². The maximum absolute atomic E-state index is 12.8. The lowest BCUT2D eigenvalue weighted by Gasteiger charge is -2.17. The van der Waals surface area contributed by atoms with E-state index in [1.807, 2.05) is 50.2 Å². The molecule has 3 aromatic carbocycles. The second-order valence-electron chi connectivity index (χ2n) is 7.72. The zero-order valence-electron chi connectivity index (χ0n) is 17.2. The summed E-state index contributed by atoms with van der Waals surface area (Å²) in [6.07, 6.45) is 3.77. The molecule has 152 valence electrons. The van der Waals surface area contributed by atoms with Crippen LogP contribution in [0.2, 0.25) is 0 Å². The van der Waals surface area contributed by atoms with Crippen molar-refractivity contribution >= 4 is 22.7 Å². The molecule has 0 atom stereocenters. The van der Waals surface area contributed by atoms with E-state index in [2.05, 4.69) is 0 Å². The Bertz CT molecular complexity index is 1150. The summed E-state index contributed by atoms with van der Waals surface area (Å²) >= 11 is 0. The summed E-state index contributed by atoms with van der Waals surface area (Å²) < 4.78 is 11.5. The molecule has 0 bridgehead atoms. The van der Waals surface area contributed by atoms with Gasteiger partial charge in [0.2, 0.25) is 0 Å². The van der Waals surface area contributed by atoms with E-state index >= 15 is 0 Å². The molecular formula is C26H24O4. The fourth-order valence-corrected chi connectivity index (χ4v) is 3.87. The number of allylic oxidation sites excluding steroid dienone is 1. The molecule has 1 aliphatic rings. The Balaban J connectivity index is 1.68. The first-order valence-corrected chi connectivity index (χ1v) is 10.2. The first-order valence-electron chi connectivity index (χ1n) is 10.2. The van der Waals surface area contributed by atoms with Gasteiger partial charge in [-0.3, -0.25) is 0 Å². The number of esters is 2. The fraction of sp³-hybridized carbons (Fsp3) is 0.231. The van der Waals surface area contributed by atoms with Crippen LogP contribution in [0, 0.1) is 6.92 Å². The van der Waals surface area contributed by atoms with Gasteiger partial charge in [0.05, 0.1) is 10.9 Å². The van der Waals surface area contributed by atoms with Crippen LogP contribution in [0.3, 0.4) is 0 Å². The van der Waals surface area contributed by atoms with Crippen LogP contribution in [0.25, 0.3) is 10.8 Å². The van der Waals surface area contributed by atoms with Crippen LogP contribution in [-0.4, -0.2) is 11.9 Å². The average Bonchev–Trinajstić information content (AvgIpc) is 2.74. The molecule has 0 radical (unpaired) electrons. The van der Waals surface area contributed by atoms with Gasteiger partial charge in [-0.05, 0) is 69.2 Å². The van der Waals surface area contributed by atoms with Crippen molar-refractivity contribution in [3.05, 3.63) is 82.9 Å². The standard InChI is InChI=1S/C26H24O4/c1-17-8-5-12-20(16-17)25(27)29-22-14-6-10-19-11-7-15-23(24(19)22)30-26(28)21-13-4-3-9-18(21)2/h5-8,10-12,14-16H,3-4,9,13H2,1-2H3. The highest BCUT2D eigenvalue weighted by atomic mass is 16.5. The zero-order valence-corrected chi connectivity index (χ0v) is 17.2. The van der Waals surface area contributed by atoms with Gasteiger partial charge < -0.3 is 9.47 Å². The number of hydrogen-bond acceptors (Lipinski definition) is 4. The second kappa shape index (κ2) is 8.54. The predicted molar refractivity (Wildman–Crippen MR) is 117 cm³/mol. The normalized spacial score (nSPS) is 13.9. The lowest BCUT2D eigenvalue weighted by molar-refractivity contribution is -0.130. The van der Waals surface area contributed by atoms with Gasteiger partial charge in [0.15, 0.2) is 0 Å². The Hall–Kier alpha value is -3.40. The summed E-state index contributed by atoms with van der Waals surface area (Å²) in [6.45, 7) is 3.92. The minimum atomic E-state index is -0.446. The van der Waals surface area contributed by atoms with E-state index in [0.29, 0.717) is 22.4 Å². The average molecular weight is 400 g/mol. The van der Waals surface area contributed by atoms with E-state index in [4.69, 9.17) is 9.47 Å². The lowest BCUT2D eigenvalue weighted by Crippen LogP contribution is -2.15. The smallest absolute Gasteiger partial charge is 0.343 e. The molecule has 0 spiro atoms. The van der Waals surface area contributed by atoms with Gasteiger partial charge in [0, 0.05) is 5.57 Å². The number of fused-ring (bicyclic) bond motifs is 1. The summed E-state index contributed by atoms with van der Waals surface area (Å²) in [5.74, 6) is 0.00504. The van der Waals surface area contributed by atoms with Crippen molar-refractivity contribution in [2.75, 3.05) is 0 Å². The fourth-order valence-electron chi connectivity index (χ4n) is 3.87. The Morgan fingerprint density at radius 3 is 2.07 bits per heavy atom. The molecule has 1 aliphatic carbocycles. The van der Waals surface area contributed by atoms with E-state index in [9.17, 15) is 9.59 Å². The van der Waals surface area contributed by atoms with Crippen LogP contribution in [-0.2, 0) is 4.79 Å². The summed E-state index contributed by atoms with van der Waals surface area (Å²) in [4.78, 5) is 25.5. The molecule has 30 heavy (non-hydrogen) atoms. The Kier molecular flexibility index (Phi) is 5.66. The largest absolute Gasteiger partial charge is 0.422 e. The van der Waals surface area contributed by atoms with Crippen LogP contribution < -0.4 is 9.47 Å². The molecule has 0 heterocycles. The summed E-state index contributed by atoms with van der Waals surface area (Å²) in [5, 5.41) is 1.45. The molecule has 4 nitrogen and oxygen atoms in total. The molecule has 0 fully saturated rings. The lowest BCUT2D eigenvalue weighted by atomic mass is 9.93. The van der Waals surface area contributed by atoms with Crippen molar-refractivity contribution in [1.29, 1.82) is 0 Å². The molecule has 4 rings (SSSR count). The molecule has 0 amide bonds. The minimum absolute atomic E-state index is 0.320. The van der Waals surface area contributed by atoms with E-state index in [1.165, 1.54) is 0 Å². The maximum atomic E-state index is 12.8. The molecule has 0 unspecified atom stereocenters. The van der Waals surface area contributed by atoms with Crippen LogP contribution in [0.15, 0.2) is 71.8 Å². The highest BCUT2D eigenvalue weighted by molar-refractivity contribution is 6.00. The summed E-state index contributed by atoms with van der Waals surface area (Å²) in [6, 6.07) is 18.2. The first kappa shape index (κ1) is 19.9.